The Labute approximate surface area is 171 Å². The van der Waals surface area contributed by atoms with E-state index in [9.17, 15) is 14.9 Å². The number of hydrogen-bond donors (Lipinski definition) is 0. The summed E-state index contributed by atoms with van der Waals surface area (Å²) in [7, 11) is 1.54. The lowest BCUT2D eigenvalue weighted by Crippen LogP contribution is -2.48. The first-order valence-corrected chi connectivity index (χ1v) is 9.81. The highest BCUT2D eigenvalue weighted by molar-refractivity contribution is 5.95. The maximum absolute atomic E-state index is 12.7. The molecule has 0 aliphatic carbocycles. The minimum absolute atomic E-state index is 0.0214. The molecule has 7 heteroatoms. The second kappa shape index (κ2) is 9.62. The second-order valence-corrected chi connectivity index (χ2v) is 7.47. The van der Waals surface area contributed by atoms with Crippen LogP contribution >= 0.6 is 0 Å². The zero-order chi connectivity index (χ0) is 20.8. The van der Waals surface area contributed by atoms with Gasteiger partial charge in [-0.3, -0.25) is 19.8 Å². The van der Waals surface area contributed by atoms with Crippen LogP contribution in [0.2, 0.25) is 0 Å². The molecule has 29 heavy (non-hydrogen) atoms. The van der Waals surface area contributed by atoms with Gasteiger partial charge in [-0.2, -0.15) is 0 Å². The molecule has 0 atom stereocenters. The van der Waals surface area contributed by atoms with Gasteiger partial charge >= 0.3 is 0 Å². The van der Waals surface area contributed by atoms with Crippen molar-refractivity contribution in [2.24, 2.45) is 0 Å². The maximum atomic E-state index is 12.7. The van der Waals surface area contributed by atoms with Gasteiger partial charge in [0.2, 0.25) is 0 Å². The number of aryl methyl sites for hydroxylation is 1. The van der Waals surface area contributed by atoms with Gasteiger partial charge in [-0.15, -0.1) is 0 Å². The summed E-state index contributed by atoms with van der Waals surface area (Å²) in [6.45, 7) is 4.57. The molecular formula is C22H27N3O4. The van der Waals surface area contributed by atoms with E-state index in [1.165, 1.54) is 0 Å². The highest BCUT2D eigenvalue weighted by Crippen LogP contribution is 2.26. The molecule has 1 aliphatic rings. The molecule has 0 spiro atoms. The summed E-state index contributed by atoms with van der Waals surface area (Å²) in [6, 6.07) is 14.9. The minimum Gasteiger partial charge on any atom is -0.375 e. The van der Waals surface area contributed by atoms with E-state index in [4.69, 9.17) is 4.74 Å². The first-order chi connectivity index (χ1) is 14.0. The molecular weight excluding hydrogens is 370 g/mol. The number of carbonyl (C=O) groups excluding carboxylic acids is 1. The third-order valence-corrected chi connectivity index (χ3v) is 5.29. The van der Waals surface area contributed by atoms with Gasteiger partial charge in [0.05, 0.1) is 4.92 Å². The van der Waals surface area contributed by atoms with E-state index >= 15 is 0 Å². The Morgan fingerprint density at radius 3 is 2.48 bits per heavy atom. The number of carbonyl (C=O) groups is 1. The fraction of sp³-hybridized carbons (Fsp3) is 0.409. The Morgan fingerprint density at radius 1 is 1.21 bits per heavy atom. The number of nitrogens with zero attached hydrogens (tertiary/aromatic N) is 3. The molecule has 7 nitrogen and oxygen atoms in total. The molecule has 1 fully saturated rings. The zero-order valence-corrected chi connectivity index (χ0v) is 16.9. The van der Waals surface area contributed by atoms with Crippen LogP contribution in [0.5, 0.6) is 0 Å². The molecule has 0 saturated carbocycles. The van der Waals surface area contributed by atoms with Gasteiger partial charge in [0.1, 0.15) is 6.61 Å². The summed E-state index contributed by atoms with van der Waals surface area (Å²) in [5, 5.41) is 10.8. The van der Waals surface area contributed by atoms with Gasteiger partial charge in [-0.1, -0.05) is 24.3 Å². The molecule has 2 aromatic carbocycles. The van der Waals surface area contributed by atoms with Gasteiger partial charge in [-0.05, 0) is 43.0 Å². The summed E-state index contributed by atoms with van der Waals surface area (Å²) in [4.78, 5) is 27.4. The average molecular weight is 397 g/mol. The van der Waals surface area contributed by atoms with E-state index in [1.54, 1.807) is 19.2 Å². The number of nitro benzene ring substituents is 1. The van der Waals surface area contributed by atoms with Crippen LogP contribution in [0, 0.1) is 17.0 Å². The molecule has 1 aliphatic heterocycles. The van der Waals surface area contributed by atoms with Crippen molar-refractivity contribution < 1.29 is 14.5 Å². The van der Waals surface area contributed by atoms with Gasteiger partial charge in [0, 0.05) is 50.6 Å². The van der Waals surface area contributed by atoms with Crippen molar-refractivity contribution in [3.63, 3.8) is 0 Å². The molecule has 1 heterocycles. The highest BCUT2D eigenvalue weighted by atomic mass is 16.6. The second-order valence-electron chi connectivity index (χ2n) is 7.47. The SMILES string of the molecule is COCC(=O)N(c1cccc(C)c1)C1CCN(Cc2ccc([N+](=O)[O-])cc2)CC1. The Bertz CT molecular complexity index is 845. The van der Waals surface area contributed by atoms with E-state index in [0.717, 1.165) is 49.3 Å². The highest BCUT2D eigenvalue weighted by Gasteiger charge is 2.29. The number of piperidine rings is 1. The summed E-state index contributed by atoms with van der Waals surface area (Å²) in [5.41, 5.74) is 3.20. The van der Waals surface area contributed by atoms with Crippen molar-refractivity contribution in [3.05, 3.63) is 69.8 Å². The summed E-state index contributed by atoms with van der Waals surface area (Å²) >= 11 is 0. The van der Waals surface area contributed by atoms with E-state index in [1.807, 2.05) is 48.2 Å². The fourth-order valence-electron chi connectivity index (χ4n) is 3.85. The lowest BCUT2D eigenvalue weighted by atomic mass is 10.0. The Balaban J connectivity index is 1.64. The van der Waals surface area contributed by atoms with Gasteiger partial charge in [0.15, 0.2) is 0 Å². The summed E-state index contributed by atoms with van der Waals surface area (Å²) in [6.07, 6.45) is 1.74. The quantitative estimate of drug-likeness (QED) is 0.528. The van der Waals surface area contributed by atoms with Gasteiger partial charge < -0.3 is 9.64 Å². The van der Waals surface area contributed by atoms with Crippen LogP contribution in [0.15, 0.2) is 48.5 Å². The monoisotopic (exact) mass is 397 g/mol. The maximum Gasteiger partial charge on any atom is 0.269 e. The number of benzene rings is 2. The van der Waals surface area contributed by atoms with Crippen LogP contribution in [-0.2, 0) is 16.1 Å². The third-order valence-electron chi connectivity index (χ3n) is 5.29. The van der Waals surface area contributed by atoms with Crippen LogP contribution in [0.25, 0.3) is 0 Å². The van der Waals surface area contributed by atoms with E-state index < -0.39 is 0 Å². The smallest absolute Gasteiger partial charge is 0.269 e. The lowest BCUT2D eigenvalue weighted by molar-refractivity contribution is -0.384. The predicted octanol–water partition coefficient (Wildman–Crippen LogP) is 3.55. The number of ether oxygens (including phenoxy) is 1. The molecule has 0 aromatic heterocycles. The molecule has 3 rings (SSSR count). The van der Waals surface area contributed by atoms with Crippen molar-refractivity contribution in [1.29, 1.82) is 0 Å². The largest absolute Gasteiger partial charge is 0.375 e. The van der Waals surface area contributed by atoms with Crippen LogP contribution in [0.1, 0.15) is 24.0 Å². The molecule has 154 valence electrons. The third kappa shape index (κ3) is 5.40. The molecule has 0 N–H and O–H groups in total. The summed E-state index contributed by atoms with van der Waals surface area (Å²) < 4.78 is 5.10. The Morgan fingerprint density at radius 2 is 1.90 bits per heavy atom. The molecule has 0 radical (unpaired) electrons. The fourth-order valence-corrected chi connectivity index (χ4v) is 3.85. The molecule has 1 saturated heterocycles. The summed E-state index contributed by atoms with van der Waals surface area (Å²) in [5.74, 6) is -0.0214. The predicted molar refractivity (Wildman–Crippen MR) is 112 cm³/mol. The van der Waals surface area contributed by atoms with Crippen molar-refractivity contribution >= 4 is 17.3 Å². The number of amides is 1. The van der Waals surface area contributed by atoms with Crippen molar-refractivity contribution in [3.8, 4) is 0 Å². The number of rotatable bonds is 7. The minimum atomic E-state index is -0.383. The van der Waals surface area contributed by atoms with Crippen LogP contribution in [0.4, 0.5) is 11.4 Å². The molecule has 0 bridgehead atoms. The van der Waals surface area contributed by atoms with E-state index in [2.05, 4.69) is 4.90 Å². The topological polar surface area (TPSA) is 75.9 Å². The number of non-ortho nitro benzene ring substituents is 1. The van der Waals surface area contributed by atoms with Crippen molar-refractivity contribution in [2.45, 2.75) is 32.4 Å². The number of nitro groups is 1. The standard InChI is InChI=1S/C22H27N3O4/c1-17-4-3-5-21(14-17)24(22(26)16-29-2)19-10-12-23(13-11-19)15-18-6-8-20(9-7-18)25(27)28/h3-9,14,19H,10-13,15-16H2,1-2H3. The number of methoxy groups -OCH3 is 1. The molecule has 0 unspecified atom stereocenters. The lowest BCUT2D eigenvalue weighted by Gasteiger charge is -2.38. The van der Waals surface area contributed by atoms with E-state index in [-0.39, 0.29) is 29.2 Å². The number of likely N-dealkylation sites (tertiary alicyclic amines) is 1. The first-order valence-electron chi connectivity index (χ1n) is 9.81. The zero-order valence-electron chi connectivity index (χ0n) is 16.9. The van der Waals surface area contributed by atoms with Gasteiger partial charge in [-0.25, -0.2) is 0 Å². The molecule has 2 aromatic rings. The first kappa shape index (κ1) is 21.0. The Kier molecular flexibility index (Phi) is 6.95. The molecule has 1 amide bonds. The van der Waals surface area contributed by atoms with Crippen LogP contribution in [0.3, 0.4) is 0 Å². The normalized spacial score (nSPS) is 15.2. The van der Waals surface area contributed by atoms with Crippen LogP contribution in [-0.4, -0.2) is 48.6 Å². The van der Waals surface area contributed by atoms with Crippen LogP contribution < -0.4 is 4.90 Å². The van der Waals surface area contributed by atoms with Crippen molar-refractivity contribution in [1.82, 2.24) is 4.90 Å². The Hall–Kier alpha value is -2.77. The number of hydrogen-bond acceptors (Lipinski definition) is 5. The van der Waals surface area contributed by atoms with E-state index in [0.29, 0.717) is 0 Å². The number of anilines is 1. The van der Waals surface area contributed by atoms with Gasteiger partial charge in [0.25, 0.3) is 11.6 Å². The van der Waals surface area contributed by atoms with Crippen molar-refractivity contribution in [2.75, 3.05) is 31.7 Å². The average Bonchev–Trinajstić information content (AvgIpc) is 2.70.